The molecule has 0 aliphatic heterocycles. The number of nitrogens with one attached hydrogen (secondary N) is 1. The van der Waals surface area contributed by atoms with Crippen LogP contribution in [0.15, 0.2) is 6.20 Å². The lowest BCUT2D eigenvalue weighted by Gasteiger charge is -2.19. The summed E-state index contributed by atoms with van der Waals surface area (Å²) >= 11 is 0. The second-order valence-electron chi connectivity index (χ2n) is 5.31. The number of hydrogen-bond acceptors (Lipinski definition) is 5. The molecule has 0 unspecified atom stereocenters. The Morgan fingerprint density at radius 1 is 1.39 bits per heavy atom. The minimum atomic E-state index is -2.95. The summed E-state index contributed by atoms with van der Waals surface area (Å²) in [6.07, 6.45) is 1.78. The van der Waals surface area contributed by atoms with Gasteiger partial charge in [0.15, 0.2) is 9.84 Å². The fraction of sp³-hybridized carbons (Fsp3) is 0.818. The first kappa shape index (κ1) is 15.1. The van der Waals surface area contributed by atoms with Crippen molar-refractivity contribution in [2.75, 3.05) is 11.5 Å². The molecule has 0 saturated heterocycles. The van der Waals surface area contributed by atoms with E-state index in [9.17, 15) is 8.42 Å². The highest BCUT2D eigenvalue weighted by Gasteiger charge is 2.11. The van der Waals surface area contributed by atoms with Gasteiger partial charge >= 0.3 is 0 Å². The Balaban J connectivity index is 2.49. The van der Waals surface area contributed by atoms with Gasteiger partial charge in [0.05, 0.1) is 18.0 Å². The molecule has 104 valence electrons. The highest BCUT2D eigenvalue weighted by molar-refractivity contribution is 7.91. The Kier molecular flexibility index (Phi) is 4.86. The maximum absolute atomic E-state index is 11.4. The van der Waals surface area contributed by atoms with Gasteiger partial charge in [-0.3, -0.25) is 4.68 Å². The first-order valence-electron chi connectivity index (χ1n) is 6.06. The third-order valence-corrected chi connectivity index (χ3v) is 4.14. The predicted molar refractivity (Wildman–Crippen MR) is 70.9 cm³/mol. The van der Waals surface area contributed by atoms with E-state index in [2.05, 4.69) is 36.4 Å². The van der Waals surface area contributed by atoms with Crippen LogP contribution in [0.4, 0.5) is 0 Å². The largest absolute Gasteiger partial charge is 0.306 e. The molecule has 0 spiro atoms. The zero-order valence-corrected chi connectivity index (χ0v) is 12.3. The Morgan fingerprint density at radius 2 is 2.06 bits per heavy atom. The molecule has 0 aliphatic carbocycles. The molecule has 0 atom stereocenters. The number of hydrogen-bond donors (Lipinski definition) is 1. The third kappa shape index (κ3) is 5.59. The van der Waals surface area contributed by atoms with Crippen LogP contribution in [0.2, 0.25) is 0 Å². The molecule has 0 aromatic carbocycles. The first-order valence-corrected chi connectivity index (χ1v) is 7.88. The van der Waals surface area contributed by atoms with E-state index in [1.54, 1.807) is 17.8 Å². The van der Waals surface area contributed by atoms with Gasteiger partial charge in [0.1, 0.15) is 0 Å². The van der Waals surface area contributed by atoms with E-state index < -0.39 is 9.84 Å². The van der Waals surface area contributed by atoms with Crippen LogP contribution >= 0.6 is 0 Å². The summed E-state index contributed by atoms with van der Waals surface area (Å²) < 4.78 is 24.3. The quantitative estimate of drug-likeness (QED) is 0.822. The minimum Gasteiger partial charge on any atom is -0.306 e. The van der Waals surface area contributed by atoms with Gasteiger partial charge in [-0.05, 0) is 20.8 Å². The lowest BCUT2D eigenvalue weighted by atomic mass is 10.1. The van der Waals surface area contributed by atoms with Crippen LogP contribution < -0.4 is 5.32 Å². The van der Waals surface area contributed by atoms with Crippen molar-refractivity contribution in [1.29, 1.82) is 0 Å². The molecular weight excluding hydrogens is 252 g/mol. The van der Waals surface area contributed by atoms with Gasteiger partial charge in [0, 0.05) is 24.0 Å². The molecule has 0 fully saturated rings. The maximum atomic E-state index is 11.4. The molecule has 1 aromatic rings. The molecule has 1 heterocycles. The summed E-state index contributed by atoms with van der Waals surface area (Å²) in [5.74, 6) is 0.277. The third-order valence-electron chi connectivity index (χ3n) is 2.46. The predicted octanol–water partition coefficient (Wildman–Crippen LogP) is 0.601. The fourth-order valence-electron chi connectivity index (χ4n) is 1.26. The van der Waals surface area contributed by atoms with Gasteiger partial charge in [0.2, 0.25) is 0 Å². The van der Waals surface area contributed by atoms with Crippen molar-refractivity contribution in [2.24, 2.45) is 0 Å². The van der Waals surface area contributed by atoms with Crippen molar-refractivity contribution in [1.82, 2.24) is 20.3 Å². The van der Waals surface area contributed by atoms with Crippen molar-refractivity contribution in [3.05, 3.63) is 11.9 Å². The van der Waals surface area contributed by atoms with Crippen LogP contribution in [0.3, 0.4) is 0 Å². The van der Waals surface area contributed by atoms with Gasteiger partial charge in [-0.2, -0.15) is 0 Å². The number of sulfone groups is 1. The van der Waals surface area contributed by atoms with Crippen LogP contribution in [-0.2, 0) is 22.9 Å². The van der Waals surface area contributed by atoms with Crippen molar-refractivity contribution in [3.63, 3.8) is 0 Å². The molecule has 7 heteroatoms. The number of aromatic nitrogens is 3. The lowest BCUT2D eigenvalue weighted by Crippen LogP contribution is -2.35. The average Bonchev–Trinajstić information content (AvgIpc) is 2.71. The van der Waals surface area contributed by atoms with Crippen molar-refractivity contribution in [3.8, 4) is 0 Å². The zero-order chi connectivity index (χ0) is 13.8. The smallest absolute Gasteiger partial charge is 0.151 e. The number of nitrogens with zero attached hydrogens (tertiary/aromatic N) is 3. The monoisotopic (exact) mass is 274 g/mol. The van der Waals surface area contributed by atoms with E-state index in [0.717, 1.165) is 5.69 Å². The second kappa shape index (κ2) is 5.79. The molecule has 6 nitrogen and oxygen atoms in total. The van der Waals surface area contributed by atoms with Crippen molar-refractivity contribution >= 4 is 9.84 Å². The van der Waals surface area contributed by atoms with Crippen LogP contribution in [0, 0.1) is 0 Å². The molecule has 0 aliphatic rings. The van der Waals surface area contributed by atoms with Gasteiger partial charge in [-0.15, -0.1) is 5.10 Å². The Labute approximate surface area is 109 Å². The number of aryl methyl sites for hydroxylation is 1. The molecule has 1 rings (SSSR count). The van der Waals surface area contributed by atoms with Gasteiger partial charge < -0.3 is 5.32 Å². The summed E-state index contributed by atoms with van der Waals surface area (Å²) in [6, 6.07) is 0. The summed E-state index contributed by atoms with van der Waals surface area (Å²) in [6.45, 7) is 8.86. The van der Waals surface area contributed by atoms with E-state index in [1.807, 2.05) is 0 Å². The normalized spacial score (nSPS) is 12.9. The summed E-state index contributed by atoms with van der Waals surface area (Å²) in [5, 5.41) is 11.2. The topological polar surface area (TPSA) is 76.9 Å². The molecule has 1 N–H and O–H groups in total. The van der Waals surface area contributed by atoms with Crippen molar-refractivity contribution in [2.45, 2.75) is 46.3 Å². The van der Waals surface area contributed by atoms with E-state index >= 15 is 0 Å². The molecule has 1 aromatic heterocycles. The van der Waals surface area contributed by atoms with E-state index in [-0.39, 0.29) is 17.0 Å². The average molecular weight is 274 g/mol. The first-order chi connectivity index (χ1) is 8.22. The standard InChI is InChI=1S/C11H22N4O2S/c1-5-18(16,17)7-6-15-9-10(13-14-15)8-12-11(2,3)4/h9,12H,5-8H2,1-4H3. The van der Waals surface area contributed by atoms with Gasteiger partial charge in [-0.25, -0.2) is 8.42 Å². The molecular formula is C11H22N4O2S. The zero-order valence-electron chi connectivity index (χ0n) is 11.5. The van der Waals surface area contributed by atoms with Crippen LogP contribution in [0.1, 0.15) is 33.4 Å². The minimum absolute atomic E-state index is 0.0231. The SMILES string of the molecule is CCS(=O)(=O)CCn1cc(CNC(C)(C)C)nn1. The van der Waals surface area contributed by atoms with E-state index in [0.29, 0.717) is 13.1 Å². The second-order valence-corrected chi connectivity index (χ2v) is 7.79. The maximum Gasteiger partial charge on any atom is 0.151 e. The van der Waals surface area contributed by atoms with Crippen LogP contribution in [0.25, 0.3) is 0 Å². The molecule has 18 heavy (non-hydrogen) atoms. The molecule has 0 bridgehead atoms. The highest BCUT2D eigenvalue weighted by Crippen LogP contribution is 2.02. The Morgan fingerprint density at radius 3 is 2.61 bits per heavy atom. The molecule has 0 amide bonds. The highest BCUT2D eigenvalue weighted by atomic mass is 32.2. The van der Waals surface area contributed by atoms with Crippen molar-refractivity contribution < 1.29 is 8.42 Å². The lowest BCUT2D eigenvalue weighted by molar-refractivity contribution is 0.421. The van der Waals surface area contributed by atoms with Gasteiger partial charge in [0.25, 0.3) is 0 Å². The Bertz CT molecular complexity index is 473. The number of rotatable bonds is 6. The summed E-state index contributed by atoms with van der Waals surface area (Å²) in [4.78, 5) is 0. The molecule has 0 saturated carbocycles. The Hall–Kier alpha value is -0.950. The van der Waals surface area contributed by atoms with E-state index in [1.165, 1.54) is 0 Å². The summed E-state index contributed by atoms with van der Waals surface area (Å²) in [7, 11) is -2.95. The summed E-state index contributed by atoms with van der Waals surface area (Å²) in [5.41, 5.74) is 0.841. The van der Waals surface area contributed by atoms with Crippen LogP contribution in [0.5, 0.6) is 0 Å². The fourth-order valence-corrected chi connectivity index (χ4v) is 2.02. The molecule has 0 radical (unpaired) electrons. The van der Waals surface area contributed by atoms with E-state index in [4.69, 9.17) is 0 Å². The van der Waals surface area contributed by atoms with Gasteiger partial charge in [-0.1, -0.05) is 12.1 Å². The van der Waals surface area contributed by atoms with Crippen LogP contribution in [-0.4, -0.2) is 40.5 Å².